The molecule has 4 nitrogen and oxygen atoms in total. The second-order valence-corrected chi connectivity index (χ2v) is 6.88. The van der Waals surface area contributed by atoms with E-state index in [-0.39, 0.29) is 5.91 Å². The van der Waals surface area contributed by atoms with Crippen molar-refractivity contribution in [2.45, 2.75) is 59.4 Å². The molecule has 1 atom stereocenters. The van der Waals surface area contributed by atoms with E-state index in [4.69, 9.17) is 0 Å². The number of carbonyl (C=O) groups excluding carboxylic acids is 1. The first-order chi connectivity index (χ1) is 10.0. The largest absolute Gasteiger partial charge is 0.352 e. The highest BCUT2D eigenvalue weighted by atomic mass is 16.2. The first-order valence-corrected chi connectivity index (χ1v) is 8.77. The summed E-state index contributed by atoms with van der Waals surface area (Å²) in [6.45, 7) is 13.6. The minimum atomic E-state index is 0.194. The number of hydrogen-bond acceptors (Lipinski definition) is 3. The molecule has 1 aliphatic rings. The molecule has 1 heterocycles. The van der Waals surface area contributed by atoms with Gasteiger partial charge in [0.1, 0.15) is 0 Å². The van der Waals surface area contributed by atoms with Crippen LogP contribution >= 0.6 is 0 Å². The molecule has 1 aliphatic heterocycles. The van der Waals surface area contributed by atoms with E-state index in [1.165, 1.54) is 12.8 Å². The lowest BCUT2D eigenvalue weighted by Crippen LogP contribution is -2.46. The Morgan fingerprint density at radius 3 is 2.62 bits per heavy atom. The quantitative estimate of drug-likeness (QED) is 0.686. The molecule has 124 valence electrons. The maximum atomic E-state index is 12.1. The third-order valence-electron chi connectivity index (χ3n) is 4.31. The van der Waals surface area contributed by atoms with Gasteiger partial charge in [0.2, 0.25) is 5.91 Å². The van der Waals surface area contributed by atoms with Gasteiger partial charge in [-0.15, -0.1) is 0 Å². The molecular weight excluding hydrogens is 262 g/mol. The number of nitrogens with zero attached hydrogens (tertiary/aromatic N) is 1. The van der Waals surface area contributed by atoms with Crippen LogP contribution < -0.4 is 10.6 Å². The molecule has 1 fully saturated rings. The predicted octanol–water partition coefficient (Wildman–Crippen LogP) is 2.25. The van der Waals surface area contributed by atoms with E-state index in [1.807, 2.05) is 0 Å². The molecule has 0 spiro atoms. The van der Waals surface area contributed by atoms with E-state index in [0.717, 1.165) is 39.0 Å². The Morgan fingerprint density at radius 1 is 1.29 bits per heavy atom. The Morgan fingerprint density at radius 2 is 2.00 bits per heavy atom. The fourth-order valence-corrected chi connectivity index (χ4v) is 3.01. The molecule has 1 amide bonds. The Hall–Kier alpha value is -0.610. The van der Waals surface area contributed by atoms with Gasteiger partial charge in [-0.3, -0.25) is 9.69 Å². The van der Waals surface area contributed by atoms with Gasteiger partial charge in [0.05, 0.1) is 6.54 Å². The number of amides is 1. The minimum Gasteiger partial charge on any atom is -0.352 e. The number of carbonyl (C=O) groups is 1. The van der Waals surface area contributed by atoms with Gasteiger partial charge < -0.3 is 10.6 Å². The van der Waals surface area contributed by atoms with Crippen LogP contribution in [-0.4, -0.2) is 49.6 Å². The van der Waals surface area contributed by atoms with Gasteiger partial charge >= 0.3 is 0 Å². The van der Waals surface area contributed by atoms with Gasteiger partial charge in [-0.25, -0.2) is 0 Å². The van der Waals surface area contributed by atoms with Gasteiger partial charge in [0, 0.05) is 12.6 Å². The molecule has 0 radical (unpaired) electrons. The summed E-state index contributed by atoms with van der Waals surface area (Å²) in [5.74, 6) is 1.59. The number of nitrogens with one attached hydrogen (secondary N) is 2. The number of rotatable bonds is 9. The van der Waals surface area contributed by atoms with Crippen LogP contribution in [0.4, 0.5) is 0 Å². The van der Waals surface area contributed by atoms with Crippen LogP contribution in [0.3, 0.4) is 0 Å². The summed E-state index contributed by atoms with van der Waals surface area (Å²) >= 11 is 0. The molecule has 1 rings (SSSR count). The van der Waals surface area contributed by atoms with E-state index in [2.05, 4.69) is 43.2 Å². The molecule has 0 aromatic rings. The zero-order chi connectivity index (χ0) is 15.7. The third kappa shape index (κ3) is 7.82. The fraction of sp³-hybridized carbons (Fsp3) is 0.941. The Bertz CT molecular complexity index is 290. The van der Waals surface area contributed by atoms with E-state index in [0.29, 0.717) is 24.4 Å². The standard InChI is InChI=1S/C17H35N3O/c1-5-16(6-2)19-17(21)13-20-9-7-8-15(12-20)11-18-10-14(3)4/h14-16,18H,5-13H2,1-4H3,(H,19,21). The molecule has 1 unspecified atom stereocenters. The summed E-state index contributed by atoms with van der Waals surface area (Å²) < 4.78 is 0. The summed E-state index contributed by atoms with van der Waals surface area (Å²) in [7, 11) is 0. The van der Waals surface area contributed by atoms with Gasteiger partial charge in [-0.1, -0.05) is 27.7 Å². The highest BCUT2D eigenvalue weighted by molar-refractivity contribution is 5.78. The highest BCUT2D eigenvalue weighted by Gasteiger charge is 2.21. The zero-order valence-electron chi connectivity index (χ0n) is 14.5. The monoisotopic (exact) mass is 297 g/mol. The number of likely N-dealkylation sites (tertiary alicyclic amines) is 1. The molecule has 21 heavy (non-hydrogen) atoms. The Labute approximate surface area is 131 Å². The smallest absolute Gasteiger partial charge is 0.234 e. The number of piperidine rings is 1. The molecule has 0 aromatic heterocycles. The van der Waals surface area contributed by atoms with Crippen molar-refractivity contribution in [2.24, 2.45) is 11.8 Å². The molecule has 0 bridgehead atoms. The lowest BCUT2D eigenvalue weighted by molar-refractivity contribution is -0.123. The van der Waals surface area contributed by atoms with Crippen molar-refractivity contribution >= 4 is 5.91 Å². The molecule has 0 aromatic carbocycles. The summed E-state index contributed by atoms with van der Waals surface area (Å²) in [6.07, 6.45) is 4.54. The summed E-state index contributed by atoms with van der Waals surface area (Å²) in [5, 5.41) is 6.69. The topological polar surface area (TPSA) is 44.4 Å². The van der Waals surface area contributed by atoms with Gasteiger partial charge in [0.25, 0.3) is 0 Å². The van der Waals surface area contributed by atoms with Crippen LogP contribution in [0.25, 0.3) is 0 Å². The molecule has 1 saturated heterocycles. The van der Waals surface area contributed by atoms with E-state index < -0.39 is 0 Å². The first-order valence-electron chi connectivity index (χ1n) is 8.77. The van der Waals surface area contributed by atoms with Crippen LogP contribution in [0.15, 0.2) is 0 Å². The van der Waals surface area contributed by atoms with Crippen molar-refractivity contribution in [3.05, 3.63) is 0 Å². The van der Waals surface area contributed by atoms with E-state index >= 15 is 0 Å². The Balaban J connectivity index is 2.27. The predicted molar refractivity (Wildman–Crippen MR) is 89.4 cm³/mol. The maximum absolute atomic E-state index is 12.1. The fourth-order valence-electron chi connectivity index (χ4n) is 3.01. The van der Waals surface area contributed by atoms with E-state index in [1.54, 1.807) is 0 Å². The van der Waals surface area contributed by atoms with Crippen LogP contribution in [-0.2, 0) is 4.79 Å². The highest BCUT2D eigenvalue weighted by Crippen LogP contribution is 2.15. The van der Waals surface area contributed by atoms with Crippen LogP contribution in [0.5, 0.6) is 0 Å². The van der Waals surface area contributed by atoms with E-state index in [9.17, 15) is 4.79 Å². The third-order valence-corrected chi connectivity index (χ3v) is 4.31. The van der Waals surface area contributed by atoms with Crippen LogP contribution in [0, 0.1) is 11.8 Å². The van der Waals surface area contributed by atoms with Gasteiger partial charge in [-0.2, -0.15) is 0 Å². The average Bonchev–Trinajstić information content (AvgIpc) is 2.44. The molecular formula is C17H35N3O. The second-order valence-electron chi connectivity index (χ2n) is 6.88. The van der Waals surface area contributed by atoms with Crippen molar-refractivity contribution in [3.8, 4) is 0 Å². The molecule has 4 heteroatoms. The molecule has 0 aliphatic carbocycles. The summed E-state index contributed by atoms with van der Waals surface area (Å²) in [6, 6.07) is 0.339. The van der Waals surface area contributed by atoms with Gasteiger partial charge in [-0.05, 0) is 57.2 Å². The second kappa shape index (κ2) is 10.2. The lowest BCUT2D eigenvalue weighted by Gasteiger charge is -2.32. The minimum absolute atomic E-state index is 0.194. The van der Waals surface area contributed by atoms with Crippen LogP contribution in [0.2, 0.25) is 0 Å². The summed E-state index contributed by atoms with van der Waals surface area (Å²) in [4.78, 5) is 14.4. The SMILES string of the molecule is CCC(CC)NC(=O)CN1CCCC(CNCC(C)C)C1. The summed E-state index contributed by atoms with van der Waals surface area (Å²) in [5.41, 5.74) is 0. The number of hydrogen-bond donors (Lipinski definition) is 2. The maximum Gasteiger partial charge on any atom is 0.234 e. The van der Waals surface area contributed by atoms with Crippen molar-refractivity contribution < 1.29 is 4.79 Å². The average molecular weight is 297 g/mol. The van der Waals surface area contributed by atoms with Crippen molar-refractivity contribution in [1.82, 2.24) is 15.5 Å². The molecule has 2 N–H and O–H groups in total. The van der Waals surface area contributed by atoms with Crippen molar-refractivity contribution in [1.29, 1.82) is 0 Å². The lowest BCUT2D eigenvalue weighted by atomic mass is 9.97. The Kier molecular flexibility index (Phi) is 8.93. The van der Waals surface area contributed by atoms with Crippen molar-refractivity contribution in [2.75, 3.05) is 32.7 Å². The van der Waals surface area contributed by atoms with Crippen molar-refractivity contribution in [3.63, 3.8) is 0 Å². The normalized spacial score (nSPS) is 20.2. The van der Waals surface area contributed by atoms with Gasteiger partial charge in [0.15, 0.2) is 0 Å². The van der Waals surface area contributed by atoms with Crippen LogP contribution in [0.1, 0.15) is 53.4 Å². The zero-order valence-corrected chi connectivity index (χ0v) is 14.5. The first kappa shape index (κ1) is 18.4. The molecule has 0 saturated carbocycles.